The summed E-state index contributed by atoms with van der Waals surface area (Å²) < 4.78 is 0.538. The van der Waals surface area contributed by atoms with Gasteiger partial charge in [0.2, 0.25) is 0 Å². The Balaban J connectivity index is 2.36. The molecule has 0 aromatic heterocycles. The Bertz CT molecular complexity index is 490. The molecule has 20 heavy (non-hydrogen) atoms. The average molecular weight is 344 g/mol. The van der Waals surface area contributed by atoms with Crippen LogP contribution in [0.15, 0.2) is 22.7 Å². The number of carboxylic acids is 1. The van der Waals surface area contributed by atoms with Crippen LogP contribution in [0.1, 0.15) is 36.5 Å². The molecular formula is C14H18BrNO4. The standard InChI is InChI=1S/C14H18BrNO4/c1-9(2-5-13(18)19)6-7-16-14(20)10-3-4-11(15)12(17)8-10/h3-4,8-9,17H,2,5-7H2,1H3,(H,16,20)(H,18,19). The maximum Gasteiger partial charge on any atom is 0.303 e. The fourth-order valence-corrected chi connectivity index (χ4v) is 1.95. The minimum Gasteiger partial charge on any atom is -0.507 e. The molecule has 0 fully saturated rings. The summed E-state index contributed by atoms with van der Waals surface area (Å²) in [6, 6.07) is 4.62. The first kappa shape index (κ1) is 16.5. The third kappa shape index (κ3) is 5.61. The minimum absolute atomic E-state index is 0.0208. The zero-order chi connectivity index (χ0) is 15.1. The van der Waals surface area contributed by atoms with E-state index in [4.69, 9.17) is 5.11 Å². The van der Waals surface area contributed by atoms with Crippen molar-refractivity contribution in [3.8, 4) is 5.75 Å². The summed E-state index contributed by atoms with van der Waals surface area (Å²) >= 11 is 3.15. The number of benzene rings is 1. The van der Waals surface area contributed by atoms with Gasteiger partial charge in [-0.3, -0.25) is 9.59 Å². The highest BCUT2D eigenvalue weighted by Crippen LogP contribution is 2.24. The summed E-state index contributed by atoms with van der Waals surface area (Å²) in [7, 11) is 0. The van der Waals surface area contributed by atoms with Crippen molar-refractivity contribution in [3.05, 3.63) is 28.2 Å². The fourth-order valence-electron chi connectivity index (χ4n) is 1.70. The first-order valence-corrected chi connectivity index (χ1v) is 7.18. The smallest absolute Gasteiger partial charge is 0.303 e. The van der Waals surface area contributed by atoms with E-state index in [2.05, 4.69) is 21.2 Å². The van der Waals surface area contributed by atoms with Crippen molar-refractivity contribution < 1.29 is 19.8 Å². The van der Waals surface area contributed by atoms with Gasteiger partial charge in [-0.15, -0.1) is 0 Å². The van der Waals surface area contributed by atoms with Crippen molar-refractivity contribution in [3.63, 3.8) is 0 Å². The third-order valence-electron chi connectivity index (χ3n) is 2.98. The van der Waals surface area contributed by atoms with E-state index in [1.807, 2.05) is 6.92 Å². The maximum absolute atomic E-state index is 11.8. The van der Waals surface area contributed by atoms with Crippen molar-refractivity contribution in [2.75, 3.05) is 6.54 Å². The van der Waals surface area contributed by atoms with Gasteiger partial charge in [-0.25, -0.2) is 0 Å². The zero-order valence-electron chi connectivity index (χ0n) is 11.2. The van der Waals surface area contributed by atoms with Gasteiger partial charge in [-0.1, -0.05) is 6.92 Å². The molecule has 0 saturated carbocycles. The van der Waals surface area contributed by atoms with Gasteiger partial charge < -0.3 is 15.5 Å². The number of amides is 1. The van der Waals surface area contributed by atoms with E-state index >= 15 is 0 Å². The van der Waals surface area contributed by atoms with Crippen LogP contribution in [0.25, 0.3) is 0 Å². The van der Waals surface area contributed by atoms with Gasteiger partial charge in [0.25, 0.3) is 5.91 Å². The van der Waals surface area contributed by atoms with Crippen LogP contribution in [0.3, 0.4) is 0 Å². The average Bonchev–Trinajstić information content (AvgIpc) is 2.39. The molecule has 1 amide bonds. The lowest BCUT2D eigenvalue weighted by molar-refractivity contribution is -0.137. The van der Waals surface area contributed by atoms with Crippen LogP contribution in [0.4, 0.5) is 0 Å². The Labute approximate surface area is 126 Å². The largest absolute Gasteiger partial charge is 0.507 e. The topological polar surface area (TPSA) is 86.6 Å². The molecule has 5 nitrogen and oxygen atoms in total. The number of hydrogen-bond acceptors (Lipinski definition) is 3. The zero-order valence-corrected chi connectivity index (χ0v) is 12.8. The van der Waals surface area contributed by atoms with E-state index in [1.165, 1.54) is 6.07 Å². The van der Waals surface area contributed by atoms with Crippen molar-refractivity contribution in [1.29, 1.82) is 0 Å². The van der Waals surface area contributed by atoms with Gasteiger partial charge in [0.15, 0.2) is 0 Å². The molecule has 1 aromatic carbocycles. The molecule has 1 atom stereocenters. The molecular weight excluding hydrogens is 326 g/mol. The molecule has 0 aliphatic rings. The highest BCUT2D eigenvalue weighted by molar-refractivity contribution is 9.10. The molecule has 3 N–H and O–H groups in total. The van der Waals surface area contributed by atoms with Crippen LogP contribution in [-0.2, 0) is 4.79 Å². The number of carbonyl (C=O) groups is 2. The van der Waals surface area contributed by atoms with Crippen LogP contribution >= 0.6 is 15.9 Å². The second-order valence-corrected chi connectivity index (χ2v) is 5.60. The van der Waals surface area contributed by atoms with E-state index in [1.54, 1.807) is 12.1 Å². The number of aliphatic carboxylic acids is 1. The molecule has 0 heterocycles. The lowest BCUT2D eigenvalue weighted by Gasteiger charge is -2.11. The quantitative estimate of drug-likeness (QED) is 0.710. The van der Waals surface area contributed by atoms with E-state index in [0.717, 1.165) is 6.42 Å². The fraction of sp³-hybridized carbons (Fsp3) is 0.429. The number of hydrogen-bond donors (Lipinski definition) is 3. The van der Waals surface area contributed by atoms with Crippen molar-refractivity contribution in [2.24, 2.45) is 5.92 Å². The number of phenols is 1. The molecule has 1 aromatic rings. The molecule has 0 saturated heterocycles. The number of carbonyl (C=O) groups excluding carboxylic acids is 1. The lowest BCUT2D eigenvalue weighted by atomic mass is 10.0. The van der Waals surface area contributed by atoms with Crippen molar-refractivity contribution >= 4 is 27.8 Å². The maximum atomic E-state index is 11.8. The molecule has 110 valence electrons. The Kier molecular flexibility index (Phi) is 6.51. The summed E-state index contributed by atoms with van der Waals surface area (Å²) in [5.74, 6) is -0.790. The molecule has 1 rings (SSSR count). The van der Waals surface area contributed by atoms with Gasteiger partial charge in [0.1, 0.15) is 5.75 Å². The number of aromatic hydroxyl groups is 1. The van der Waals surface area contributed by atoms with Crippen LogP contribution in [0.2, 0.25) is 0 Å². The van der Waals surface area contributed by atoms with Crippen LogP contribution in [0.5, 0.6) is 5.75 Å². The molecule has 0 bridgehead atoms. The van der Waals surface area contributed by atoms with E-state index in [9.17, 15) is 14.7 Å². The molecule has 0 radical (unpaired) electrons. The summed E-state index contributed by atoms with van der Waals surface area (Å²) in [4.78, 5) is 22.3. The number of rotatable bonds is 7. The van der Waals surface area contributed by atoms with E-state index in [-0.39, 0.29) is 24.0 Å². The van der Waals surface area contributed by atoms with Gasteiger partial charge in [0, 0.05) is 18.5 Å². The van der Waals surface area contributed by atoms with E-state index in [0.29, 0.717) is 23.0 Å². The Morgan fingerprint density at radius 3 is 2.65 bits per heavy atom. The van der Waals surface area contributed by atoms with Crippen LogP contribution in [0, 0.1) is 5.92 Å². The van der Waals surface area contributed by atoms with Gasteiger partial charge in [0.05, 0.1) is 4.47 Å². The predicted molar refractivity (Wildman–Crippen MR) is 78.8 cm³/mol. The molecule has 6 heteroatoms. The van der Waals surface area contributed by atoms with Crippen molar-refractivity contribution in [1.82, 2.24) is 5.32 Å². The molecule has 0 aliphatic heterocycles. The number of halogens is 1. The van der Waals surface area contributed by atoms with Gasteiger partial charge in [-0.05, 0) is 52.9 Å². The molecule has 0 spiro atoms. The number of carboxylic acid groups (broad SMARTS) is 1. The SMILES string of the molecule is CC(CCNC(=O)c1ccc(Br)c(O)c1)CCC(=O)O. The second-order valence-electron chi connectivity index (χ2n) is 4.75. The first-order chi connectivity index (χ1) is 9.40. The number of nitrogens with one attached hydrogen (secondary N) is 1. The predicted octanol–water partition coefficient (Wildman–Crippen LogP) is 2.78. The first-order valence-electron chi connectivity index (χ1n) is 6.38. The highest BCUT2D eigenvalue weighted by atomic mass is 79.9. The lowest BCUT2D eigenvalue weighted by Crippen LogP contribution is -2.25. The molecule has 0 aliphatic carbocycles. The summed E-state index contributed by atoms with van der Waals surface area (Å²) in [5, 5.41) is 20.8. The van der Waals surface area contributed by atoms with Crippen LogP contribution < -0.4 is 5.32 Å². The van der Waals surface area contributed by atoms with Gasteiger partial charge >= 0.3 is 5.97 Å². The minimum atomic E-state index is -0.800. The van der Waals surface area contributed by atoms with Crippen molar-refractivity contribution in [2.45, 2.75) is 26.2 Å². The summed E-state index contributed by atoms with van der Waals surface area (Å²) in [6.45, 7) is 2.44. The Morgan fingerprint density at radius 1 is 1.35 bits per heavy atom. The third-order valence-corrected chi connectivity index (χ3v) is 3.65. The summed E-state index contributed by atoms with van der Waals surface area (Å²) in [6.07, 6.45) is 1.47. The second kappa shape index (κ2) is 7.89. The normalized spacial score (nSPS) is 11.9. The van der Waals surface area contributed by atoms with Gasteiger partial charge in [-0.2, -0.15) is 0 Å². The van der Waals surface area contributed by atoms with Crippen LogP contribution in [-0.4, -0.2) is 28.6 Å². The Hall–Kier alpha value is -1.56. The van der Waals surface area contributed by atoms with E-state index < -0.39 is 5.97 Å². The summed E-state index contributed by atoms with van der Waals surface area (Å²) in [5.41, 5.74) is 0.392. The Morgan fingerprint density at radius 2 is 2.05 bits per heavy atom. The number of phenolic OH excluding ortho intramolecular Hbond substituents is 1. The highest BCUT2D eigenvalue weighted by Gasteiger charge is 2.09. The molecule has 1 unspecified atom stereocenters. The monoisotopic (exact) mass is 343 g/mol.